The third-order valence-corrected chi connectivity index (χ3v) is 5.40. The molecule has 0 aromatic heterocycles. The number of hydrogen-bond acceptors (Lipinski definition) is 2. The topological polar surface area (TPSA) is 38.4 Å². The van der Waals surface area contributed by atoms with Crippen LogP contribution in [0.5, 0.6) is 0 Å². The van der Waals surface area contributed by atoms with Crippen molar-refractivity contribution in [2.75, 3.05) is 0 Å². The highest BCUT2D eigenvalue weighted by Crippen LogP contribution is 2.29. The maximum atomic E-state index is 6.11. The first kappa shape index (κ1) is 17.4. The molecule has 1 aliphatic rings. The number of aryl methyl sites for hydroxylation is 2. The second-order valence-electron chi connectivity index (χ2n) is 7.53. The van der Waals surface area contributed by atoms with Gasteiger partial charge in [-0.1, -0.05) is 57.5 Å². The molecule has 0 saturated heterocycles. The van der Waals surface area contributed by atoms with Crippen LogP contribution in [-0.4, -0.2) is 11.2 Å². The number of benzene rings is 1. The quantitative estimate of drug-likeness (QED) is 0.622. The van der Waals surface area contributed by atoms with Gasteiger partial charge < -0.3 is 5.73 Å². The molecule has 0 atom stereocenters. The van der Waals surface area contributed by atoms with E-state index in [9.17, 15) is 0 Å². The van der Waals surface area contributed by atoms with E-state index in [4.69, 9.17) is 5.73 Å². The molecule has 2 rings (SSSR count). The van der Waals surface area contributed by atoms with Gasteiger partial charge in [-0.2, -0.15) is 0 Å². The summed E-state index contributed by atoms with van der Waals surface area (Å²) in [6.07, 6.45) is 5.02. The van der Waals surface area contributed by atoms with Crippen LogP contribution in [0.4, 0.5) is 0 Å². The van der Waals surface area contributed by atoms with Gasteiger partial charge in [0.1, 0.15) is 0 Å². The smallest absolute Gasteiger partial charge is 0.154 e. The van der Waals surface area contributed by atoms with Crippen molar-refractivity contribution in [2.24, 2.45) is 10.7 Å². The van der Waals surface area contributed by atoms with Gasteiger partial charge in [-0.25, -0.2) is 0 Å². The summed E-state index contributed by atoms with van der Waals surface area (Å²) in [5, 5.41) is 0.755. The van der Waals surface area contributed by atoms with Gasteiger partial charge in [-0.3, -0.25) is 4.99 Å². The van der Waals surface area contributed by atoms with Crippen molar-refractivity contribution in [1.29, 1.82) is 0 Å². The minimum absolute atomic E-state index is 0.199. The van der Waals surface area contributed by atoms with E-state index in [0.29, 0.717) is 6.04 Å². The Morgan fingerprint density at radius 1 is 1.18 bits per heavy atom. The first-order chi connectivity index (χ1) is 10.3. The van der Waals surface area contributed by atoms with Crippen molar-refractivity contribution in [3.05, 3.63) is 34.4 Å². The number of hydrogen-bond donors (Lipinski definition) is 1. The number of rotatable bonds is 3. The van der Waals surface area contributed by atoms with E-state index in [2.05, 4.69) is 51.7 Å². The predicted octanol–water partition coefficient (Wildman–Crippen LogP) is 5.09. The fraction of sp³-hybridized carbons (Fsp3) is 0.632. The zero-order valence-electron chi connectivity index (χ0n) is 14.7. The average Bonchev–Trinajstić information content (AvgIpc) is 2.89. The van der Waals surface area contributed by atoms with Gasteiger partial charge in [0, 0.05) is 5.75 Å². The highest BCUT2D eigenvalue weighted by Gasteiger charge is 2.17. The van der Waals surface area contributed by atoms with E-state index in [0.717, 1.165) is 10.9 Å². The van der Waals surface area contributed by atoms with E-state index in [1.54, 1.807) is 11.8 Å². The maximum Gasteiger partial charge on any atom is 0.154 e. The van der Waals surface area contributed by atoms with Crippen LogP contribution in [0, 0.1) is 13.8 Å². The van der Waals surface area contributed by atoms with Gasteiger partial charge >= 0.3 is 0 Å². The summed E-state index contributed by atoms with van der Waals surface area (Å²) < 4.78 is 0. The van der Waals surface area contributed by atoms with Crippen molar-refractivity contribution < 1.29 is 0 Å². The molecule has 1 aromatic carbocycles. The van der Waals surface area contributed by atoms with E-state index in [1.165, 1.54) is 47.9 Å². The number of thioether (sulfide) groups is 1. The lowest BCUT2D eigenvalue weighted by Gasteiger charge is -2.22. The zero-order chi connectivity index (χ0) is 16.3. The molecule has 2 N–H and O–H groups in total. The summed E-state index contributed by atoms with van der Waals surface area (Å²) >= 11 is 1.69. The van der Waals surface area contributed by atoms with Crippen LogP contribution in [0.3, 0.4) is 0 Å². The van der Waals surface area contributed by atoms with Crippen LogP contribution >= 0.6 is 11.8 Å². The molecule has 0 unspecified atom stereocenters. The molecule has 3 heteroatoms. The number of nitrogens with two attached hydrogens (primary N) is 1. The first-order valence-electron chi connectivity index (χ1n) is 8.34. The van der Waals surface area contributed by atoms with Gasteiger partial charge in [0.2, 0.25) is 0 Å². The summed E-state index contributed by atoms with van der Waals surface area (Å²) in [5.74, 6) is 0.921. The molecule has 22 heavy (non-hydrogen) atoms. The third kappa shape index (κ3) is 4.52. The van der Waals surface area contributed by atoms with Crippen molar-refractivity contribution >= 4 is 16.9 Å². The predicted molar refractivity (Wildman–Crippen MR) is 99.8 cm³/mol. The normalized spacial score (nSPS) is 17.2. The molecular formula is C19H30N2S. The fourth-order valence-corrected chi connectivity index (χ4v) is 4.02. The Kier molecular flexibility index (Phi) is 5.60. The first-order valence-corrected chi connectivity index (χ1v) is 9.32. The third-order valence-electron chi connectivity index (χ3n) is 4.56. The fourth-order valence-electron chi connectivity index (χ4n) is 3.05. The van der Waals surface area contributed by atoms with Crippen molar-refractivity contribution in [3.8, 4) is 0 Å². The molecular weight excluding hydrogens is 288 g/mol. The van der Waals surface area contributed by atoms with Gasteiger partial charge in [-0.05, 0) is 54.4 Å². The van der Waals surface area contributed by atoms with Crippen LogP contribution in [0.25, 0.3) is 0 Å². The van der Waals surface area contributed by atoms with Crippen LogP contribution in [0.15, 0.2) is 17.1 Å². The number of aliphatic imine (C=N–C) groups is 1. The highest BCUT2D eigenvalue weighted by atomic mass is 32.2. The van der Waals surface area contributed by atoms with E-state index >= 15 is 0 Å². The maximum absolute atomic E-state index is 6.11. The molecule has 0 aliphatic heterocycles. The van der Waals surface area contributed by atoms with Gasteiger partial charge in [0.25, 0.3) is 0 Å². The molecule has 122 valence electrons. The molecule has 0 radical (unpaired) electrons. The Morgan fingerprint density at radius 2 is 1.73 bits per heavy atom. The Morgan fingerprint density at radius 3 is 2.23 bits per heavy atom. The molecule has 1 aliphatic carbocycles. The molecule has 1 aromatic rings. The summed E-state index contributed by atoms with van der Waals surface area (Å²) in [6.45, 7) is 11.2. The van der Waals surface area contributed by atoms with Crippen LogP contribution < -0.4 is 5.73 Å². The summed E-state index contributed by atoms with van der Waals surface area (Å²) in [6, 6.07) is 5.12. The Balaban J connectivity index is 2.06. The molecule has 0 bridgehead atoms. The number of amidine groups is 1. The van der Waals surface area contributed by atoms with Crippen LogP contribution in [0.1, 0.15) is 68.7 Å². The van der Waals surface area contributed by atoms with E-state index < -0.39 is 0 Å². The lowest BCUT2D eigenvalue weighted by molar-refractivity contribution is 0.589. The molecule has 0 spiro atoms. The molecule has 1 saturated carbocycles. The summed E-state index contributed by atoms with van der Waals surface area (Å²) in [4.78, 5) is 4.66. The summed E-state index contributed by atoms with van der Waals surface area (Å²) in [5.41, 5.74) is 11.9. The Hall–Kier alpha value is -0.960. The Bertz CT molecular complexity index is 526. The van der Waals surface area contributed by atoms with Crippen molar-refractivity contribution in [3.63, 3.8) is 0 Å². The highest BCUT2D eigenvalue weighted by molar-refractivity contribution is 8.13. The van der Waals surface area contributed by atoms with Crippen LogP contribution in [0.2, 0.25) is 0 Å². The van der Waals surface area contributed by atoms with Crippen molar-refractivity contribution in [2.45, 2.75) is 77.5 Å². The van der Waals surface area contributed by atoms with Crippen molar-refractivity contribution in [1.82, 2.24) is 0 Å². The second kappa shape index (κ2) is 7.08. The SMILES string of the molecule is Cc1cc(C(C)(C)C)cc(C)c1CSC(N)=NC1CCCC1. The lowest BCUT2D eigenvalue weighted by Crippen LogP contribution is -2.14. The Labute approximate surface area is 140 Å². The molecule has 0 amide bonds. The summed E-state index contributed by atoms with van der Waals surface area (Å²) in [7, 11) is 0. The minimum Gasteiger partial charge on any atom is -0.379 e. The molecule has 2 nitrogen and oxygen atoms in total. The van der Waals surface area contributed by atoms with Gasteiger partial charge in [0.15, 0.2) is 5.17 Å². The van der Waals surface area contributed by atoms with Gasteiger partial charge in [0.05, 0.1) is 6.04 Å². The van der Waals surface area contributed by atoms with E-state index in [1.807, 2.05) is 0 Å². The largest absolute Gasteiger partial charge is 0.379 e. The zero-order valence-corrected chi connectivity index (χ0v) is 15.5. The number of nitrogens with zero attached hydrogens (tertiary/aromatic N) is 1. The lowest BCUT2D eigenvalue weighted by atomic mass is 9.84. The molecule has 0 heterocycles. The van der Waals surface area contributed by atoms with Crippen LogP contribution in [-0.2, 0) is 11.2 Å². The monoisotopic (exact) mass is 318 g/mol. The average molecular weight is 319 g/mol. The molecule has 1 fully saturated rings. The van der Waals surface area contributed by atoms with E-state index in [-0.39, 0.29) is 5.41 Å². The standard InChI is InChI=1S/C19H30N2S/c1-13-10-15(19(3,4)5)11-14(2)17(13)12-22-18(20)21-16-8-6-7-9-16/h10-11,16H,6-9,12H2,1-5H3,(H2,20,21). The van der Waals surface area contributed by atoms with Gasteiger partial charge in [-0.15, -0.1) is 0 Å². The minimum atomic E-state index is 0.199. The second-order valence-corrected chi connectivity index (χ2v) is 8.53.